The van der Waals surface area contributed by atoms with E-state index in [1.165, 1.54) is 0 Å². The van der Waals surface area contributed by atoms with Crippen LogP contribution in [0.2, 0.25) is 0 Å². The molecule has 0 saturated carbocycles. The van der Waals surface area contributed by atoms with E-state index < -0.39 is 6.10 Å². The first-order chi connectivity index (χ1) is 11.3. The zero-order chi connectivity index (χ0) is 16.1. The average molecular weight is 310 g/mol. The Bertz CT molecular complexity index is 591. The summed E-state index contributed by atoms with van der Waals surface area (Å²) in [5.74, 6) is -0.0707. The SMILES string of the molecule is NC[C@H]1CC[C@@H](C(=O)NC(c2ccccc2)c2ccccc2)O1. The summed E-state index contributed by atoms with van der Waals surface area (Å²) in [6.45, 7) is 0.463. The van der Waals surface area contributed by atoms with Gasteiger partial charge < -0.3 is 15.8 Å². The van der Waals surface area contributed by atoms with E-state index in [2.05, 4.69) is 5.32 Å². The molecule has 0 bridgehead atoms. The van der Waals surface area contributed by atoms with Gasteiger partial charge in [-0.05, 0) is 24.0 Å². The van der Waals surface area contributed by atoms with Crippen molar-refractivity contribution in [1.29, 1.82) is 0 Å². The summed E-state index contributed by atoms with van der Waals surface area (Å²) in [7, 11) is 0. The second-order valence-electron chi connectivity index (χ2n) is 5.82. The molecule has 0 spiro atoms. The van der Waals surface area contributed by atoms with E-state index in [1.54, 1.807) is 0 Å². The Kier molecular flexibility index (Phi) is 5.05. The van der Waals surface area contributed by atoms with Crippen molar-refractivity contribution in [2.45, 2.75) is 31.1 Å². The van der Waals surface area contributed by atoms with Gasteiger partial charge in [0.2, 0.25) is 5.91 Å². The van der Waals surface area contributed by atoms with E-state index in [4.69, 9.17) is 10.5 Å². The van der Waals surface area contributed by atoms with E-state index in [9.17, 15) is 4.79 Å². The molecule has 2 atom stereocenters. The molecule has 1 saturated heterocycles. The summed E-state index contributed by atoms with van der Waals surface area (Å²) < 4.78 is 5.71. The molecule has 1 fully saturated rings. The highest BCUT2D eigenvalue weighted by Crippen LogP contribution is 2.24. The van der Waals surface area contributed by atoms with Crippen LogP contribution in [0.4, 0.5) is 0 Å². The van der Waals surface area contributed by atoms with Gasteiger partial charge in [-0.3, -0.25) is 4.79 Å². The zero-order valence-electron chi connectivity index (χ0n) is 13.0. The Morgan fingerprint density at radius 2 is 1.61 bits per heavy atom. The third-order valence-electron chi connectivity index (χ3n) is 4.22. The van der Waals surface area contributed by atoms with Crippen molar-refractivity contribution in [1.82, 2.24) is 5.32 Å². The molecule has 0 radical (unpaired) electrons. The first-order valence-electron chi connectivity index (χ1n) is 8.03. The summed E-state index contributed by atoms with van der Waals surface area (Å²) >= 11 is 0. The van der Waals surface area contributed by atoms with E-state index >= 15 is 0 Å². The predicted octanol–water partition coefficient (Wildman–Crippen LogP) is 2.40. The predicted molar refractivity (Wildman–Crippen MR) is 89.8 cm³/mol. The lowest BCUT2D eigenvalue weighted by Gasteiger charge is -2.22. The highest BCUT2D eigenvalue weighted by atomic mass is 16.5. The lowest BCUT2D eigenvalue weighted by atomic mass is 9.98. The molecule has 0 unspecified atom stereocenters. The normalized spacial score (nSPS) is 20.6. The molecule has 0 aliphatic carbocycles. The highest BCUT2D eigenvalue weighted by Gasteiger charge is 2.31. The van der Waals surface area contributed by atoms with Crippen LogP contribution in [0, 0.1) is 0 Å². The van der Waals surface area contributed by atoms with Crippen LogP contribution in [0.5, 0.6) is 0 Å². The lowest BCUT2D eigenvalue weighted by Crippen LogP contribution is -2.38. The number of nitrogens with one attached hydrogen (secondary N) is 1. The van der Waals surface area contributed by atoms with Gasteiger partial charge in [0.15, 0.2) is 0 Å². The molecule has 0 aromatic heterocycles. The van der Waals surface area contributed by atoms with Crippen molar-refractivity contribution in [3.05, 3.63) is 71.8 Å². The number of carbonyl (C=O) groups excluding carboxylic acids is 1. The standard InChI is InChI=1S/C19H22N2O2/c20-13-16-11-12-17(23-16)19(22)21-18(14-7-3-1-4-8-14)15-9-5-2-6-10-15/h1-10,16-18H,11-13,20H2,(H,21,22)/t16-,17+/m1/s1. The van der Waals surface area contributed by atoms with E-state index in [-0.39, 0.29) is 18.1 Å². The number of ether oxygens (including phenoxy) is 1. The average Bonchev–Trinajstić information content (AvgIpc) is 3.10. The van der Waals surface area contributed by atoms with Gasteiger partial charge in [-0.25, -0.2) is 0 Å². The summed E-state index contributed by atoms with van der Waals surface area (Å²) in [4.78, 5) is 12.6. The third kappa shape index (κ3) is 3.78. The Hall–Kier alpha value is -2.17. The number of rotatable bonds is 5. The largest absolute Gasteiger partial charge is 0.364 e. The van der Waals surface area contributed by atoms with Crippen molar-refractivity contribution in [3.8, 4) is 0 Å². The third-order valence-corrected chi connectivity index (χ3v) is 4.22. The maximum Gasteiger partial charge on any atom is 0.249 e. The van der Waals surface area contributed by atoms with Crippen molar-refractivity contribution >= 4 is 5.91 Å². The van der Waals surface area contributed by atoms with Gasteiger partial charge >= 0.3 is 0 Å². The number of benzene rings is 2. The molecule has 3 rings (SSSR count). The molecule has 120 valence electrons. The molecule has 1 aliphatic heterocycles. The molecule has 23 heavy (non-hydrogen) atoms. The molecular weight excluding hydrogens is 288 g/mol. The second kappa shape index (κ2) is 7.40. The van der Waals surface area contributed by atoms with Gasteiger partial charge in [0, 0.05) is 6.54 Å². The van der Waals surface area contributed by atoms with Crippen LogP contribution in [-0.2, 0) is 9.53 Å². The van der Waals surface area contributed by atoms with Crippen LogP contribution in [0.15, 0.2) is 60.7 Å². The van der Waals surface area contributed by atoms with E-state index in [0.29, 0.717) is 6.54 Å². The second-order valence-corrected chi connectivity index (χ2v) is 5.82. The smallest absolute Gasteiger partial charge is 0.249 e. The Labute approximate surface area is 136 Å². The summed E-state index contributed by atoms with van der Waals surface area (Å²) in [5, 5.41) is 3.13. The molecule has 1 heterocycles. The van der Waals surface area contributed by atoms with Crippen molar-refractivity contribution in [3.63, 3.8) is 0 Å². The van der Waals surface area contributed by atoms with Gasteiger partial charge in [0.25, 0.3) is 0 Å². The van der Waals surface area contributed by atoms with Crippen molar-refractivity contribution in [2.75, 3.05) is 6.54 Å². The van der Waals surface area contributed by atoms with E-state index in [1.807, 2.05) is 60.7 Å². The molecule has 2 aromatic carbocycles. The number of amides is 1. The zero-order valence-corrected chi connectivity index (χ0v) is 13.0. The minimum atomic E-state index is -0.404. The first-order valence-corrected chi connectivity index (χ1v) is 8.03. The number of hydrogen-bond acceptors (Lipinski definition) is 3. The number of carbonyl (C=O) groups is 1. The molecule has 3 N–H and O–H groups in total. The first kappa shape index (κ1) is 15.7. The highest BCUT2D eigenvalue weighted by molar-refractivity contribution is 5.82. The molecule has 4 nitrogen and oxygen atoms in total. The summed E-state index contributed by atoms with van der Waals surface area (Å²) in [5.41, 5.74) is 7.73. The minimum absolute atomic E-state index is 0.00218. The van der Waals surface area contributed by atoms with E-state index in [0.717, 1.165) is 24.0 Å². The summed E-state index contributed by atoms with van der Waals surface area (Å²) in [6, 6.07) is 19.8. The van der Waals surface area contributed by atoms with Crippen LogP contribution in [0.25, 0.3) is 0 Å². The molecule has 4 heteroatoms. The van der Waals surface area contributed by atoms with Crippen LogP contribution < -0.4 is 11.1 Å². The number of nitrogens with two attached hydrogens (primary N) is 1. The van der Waals surface area contributed by atoms with Gasteiger partial charge in [-0.2, -0.15) is 0 Å². The van der Waals surface area contributed by atoms with Crippen molar-refractivity contribution in [2.24, 2.45) is 5.73 Å². The molecule has 1 aliphatic rings. The monoisotopic (exact) mass is 310 g/mol. The van der Waals surface area contributed by atoms with Crippen LogP contribution in [0.3, 0.4) is 0 Å². The maximum atomic E-state index is 12.6. The maximum absolute atomic E-state index is 12.6. The van der Waals surface area contributed by atoms with Crippen LogP contribution >= 0.6 is 0 Å². The van der Waals surface area contributed by atoms with Crippen LogP contribution in [-0.4, -0.2) is 24.7 Å². The lowest BCUT2D eigenvalue weighted by molar-refractivity contribution is -0.132. The fourth-order valence-corrected chi connectivity index (χ4v) is 2.96. The van der Waals surface area contributed by atoms with Crippen LogP contribution in [0.1, 0.15) is 30.0 Å². The Balaban J connectivity index is 1.78. The molecular formula is C19H22N2O2. The van der Waals surface area contributed by atoms with Crippen molar-refractivity contribution < 1.29 is 9.53 Å². The summed E-state index contributed by atoms with van der Waals surface area (Å²) in [6.07, 6.45) is 1.16. The fourth-order valence-electron chi connectivity index (χ4n) is 2.96. The Morgan fingerprint density at radius 1 is 1.04 bits per heavy atom. The fraction of sp³-hybridized carbons (Fsp3) is 0.316. The number of hydrogen-bond donors (Lipinski definition) is 2. The minimum Gasteiger partial charge on any atom is -0.364 e. The van der Waals surface area contributed by atoms with Gasteiger partial charge in [0.05, 0.1) is 12.1 Å². The van der Waals surface area contributed by atoms with Gasteiger partial charge in [0.1, 0.15) is 6.10 Å². The molecule has 2 aromatic rings. The Morgan fingerprint density at radius 3 is 2.09 bits per heavy atom. The van der Waals surface area contributed by atoms with Gasteiger partial charge in [-0.1, -0.05) is 60.7 Å². The topological polar surface area (TPSA) is 64.4 Å². The quantitative estimate of drug-likeness (QED) is 0.891. The van der Waals surface area contributed by atoms with Gasteiger partial charge in [-0.15, -0.1) is 0 Å². The molecule has 1 amide bonds.